The molecule has 0 fully saturated rings. The first-order valence-corrected chi connectivity index (χ1v) is 7.76. The Labute approximate surface area is 121 Å². The number of benzene rings is 1. The van der Waals surface area contributed by atoms with E-state index >= 15 is 0 Å². The molecule has 3 heteroatoms. The molecular formula is C16H24ClNO. The van der Waals surface area contributed by atoms with E-state index in [1.807, 2.05) is 13.1 Å². The summed E-state index contributed by atoms with van der Waals surface area (Å²) in [5.41, 5.74) is 2.50. The maximum atomic E-state index is 6.23. The Balaban J connectivity index is 2.10. The van der Waals surface area contributed by atoms with E-state index in [2.05, 4.69) is 18.3 Å². The molecule has 0 saturated heterocycles. The van der Waals surface area contributed by atoms with Crippen LogP contribution in [0.4, 0.5) is 0 Å². The third-order valence-electron chi connectivity index (χ3n) is 3.85. The number of rotatable bonds is 7. The fourth-order valence-electron chi connectivity index (χ4n) is 2.79. The first-order chi connectivity index (χ1) is 9.26. The Hall–Kier alpha value is -0.730. The van der Waals surface area contributed by atoms with Gasteiger partial charge in [0.25, 0.3) is 0 Å². The summed E-state index contributed by atoms with van der Waals surface area (Å²) < 4.78 is 5.80. The zero-order chi connectivity index (χ0) is 13.7. The van der Waals surface area contributed by atoms with Crippen LogP contribution in [0.5, 0.6) is 5.75 Å². The summed E-state index contributed by atoms with van der Waals surface area (Å²) >= 11 is 6.23. The summed E-state index contributed by atoms with van der Waals surface area (Å²) in [6.45, 7) is 3.03. The summed E-state index contributed by atoms with van der Waals surface area (Å²) in [4.78, 5) is 0. The van der Waals surface area contributed by atoms with E-state index in [-0.39, 0.29) is 0 Å². The summed E-state index contributed by atoms with van der Waals surface area (Å²) in [7, 11) is 2.02. The Bertz CT molecular complexity index is 419. The number of ether oxygens (including phenoxy) is 1. The smallest absolute Gasteiger partial charge is 0.127 e. The van der Waals surface area contributed by atoms with Crippen LogP contribution in [0.15, 0.2) is 12.1 Å². The molecular weight excluding hydrogens is 258 g/mol. The predicted molar refractivity (Wildman–Crippen MR) is 81.2 cm³/mol. The fraction of sp³-hybridized carbons (Fsp3) is 0.625. The monoisotopic (exact) mass is 281 g/mol. The molecule has 0 saturated carbocycles. The van der Waals surface area contributed by atoms with Crippen molar-refractivity contribution in [2.24, 2.45) is 0 Å². The molecule has 0 aromatic heterocycles. The van der Waals surface area contributed by atoms with Gasteiger partial charge in [-0.25, -0.2) is 0 Å². The molecule has 0 radical (unpaired) electrons. The lowest BCUT2D eigenvalue weighted by atomic mass is 9.97. The van der Waals surface area contributed by atoms with Gasteiger partial charge in [0.05, 0.1) is 6.61 Å². The van der Waals surface area contributed by atoms with Crippen molar-refractivity contribution in [1.82, 2.24) is 5.32 Å². The predicted octanol–water partition coefficient (Wildman–Crippen LogP) is 4.51. The van der Waals surface area contributed by atoms with Crippen LogP contribution in [-0.4, -0.2) is 13.7 Å². The van der Waals surface area contributed by atoms with Crippen molar-refractivity contribution in [3.8, 4) is 5.75 Å². The van der Waals surface area contributed by atoms with Crippen LogP contribution in [-0.2, 0) is 6.42 Å². The number of halogens is 1. The van der Waals surface area contributed by atoms with Crippen molar-refractivity contribution in [2.45, 2.75) is 51.5 Å². The Morgan fingerprint density at radius 2 is 2.16 bits per heavy atom. The van der Waals surface area contributed by atoms with E-state index in [4.69, 9.17) is 16.3 Å². The molecule has 0 aliphatic carbocycles. The second-order valence-electron chi connectivity index (χ2n) is 5.27. The third-order valence-corrected chi connectivity index (χ3v) is 4.07. The normalized spacial score (nSPS) is 15.1. The number of nitrogens with one attached hydrogen (secondary N) is 1. The molecule has 0 bridgehead atoms. The third kappa shape index (κ3) is 3.64. The topological polar surface area (TPSA) is 21.3 Å². The molecule has 1 unspecified atom stereocenters. The maximum absolute atomic E-state index is 6.23. The van der Waals surface area contributed by atoms with Crippen molar-refractivity contribution in [3.63, 3.8) is 0 Å². The van der Waals surface area contributed by atoms with Gasteiger partial charge < -0.3 is 10.1 Å². The van der Waals surface area contributed by atoms with Crippen LogP contribution in [0, 0.1) is 0 Å². The quantitative estimate of drug-likeness (QED) is 0.743. The Morgan fingerprint density at radius 1 is 1.32 bits per heavy atom. The first-order valence-electron chi connectivity index (χ1n) is 7.38. The molecule has 1 aromatic rings. The highest BCUT2D eigenvalue weighted by atomic mass is 35.5. The second kappa shape index (κ2) is 7.16. The summed E-state index contributed by atoms with van der Waals surface area (Å²) in [6, 6.07) is 4.45. The van der Waals surface area contributed by atoms with Crippen molar-refractivity contribution >= 4 is 11.6 Å². The molecule has 0 amide bonds. The Kier molecular flexibility index (Phi) is 5.53. The highest BCUT2D eigenvalue weighted by Crippen LogP contribution is 2.37. The Morgan fingerprint density at radius 3 is 2.89 bits per heavy atom. The summed E-state index contributed by atoms with van der Waals surface area (Å²) in [5, 5.41) is 4.24. The van der Waals surface area contributed by atoms with Crippen molar-refractivity contribution < 1.29 is 4.74 Å². The minimum atomic E-state index is 0.349. The van der Waals surface area contributed by atoms with Gasteiger partial charge in [-0.2, -0.15) is 0 Å². The number of hydrogen-bond donors (Lipinski definition) is 1. The van der Waals surface area contributed by atoms with Crippen molar-refractivity contribution in [1.29, 1.82) is 0 Å². The number of hydrogen-bond acceptors (Lipinski definition) is 2. The van der Waals surface area contributed by atoms with Gasteiger partial charge in [-0.15, -0.1) is 0 Å². The van der Waals surface area contributed by atoms with Crippen LogP contribution in [0.2, 0.25) is 5.02 Å². The molecule has 106 valence electrons. The molecule has 1 heterocycles. The van der Waals surface area contributed by atoms with E-state index in [1.54, 1.807) is 0 Å². The van der Waals surface area contributed by atoms with Crippen LogP contribution in [0.1, 0.15) is 56.2 Å². The largest absolute Gasteiger partial charge is 0.493 e. The van der Waals surface area contributed by atoms with E-state index in [0.717, 1.165) is 30.2 Å². The van der Waals surface area contributed by atoms with E-state index in [0.29, 0.717) is 6.04 Å². The van der Waals surface area contributed by atoms with Crippen molar-refractivity contribution in [3.05, 3.63) is 28.3 Å². The summed E-state index contributed by atoms with van der Waals surface area (Å²) in [5.74, 6) is 1.07. The minimum absolute atomic E-state index is 0.349. The first kappa shape index (κ1) is 14.7. The molecule has 1 aliphatic rings. The van der Waals surface area contributed by atoms with Gasteiger partial charge in [-0.1, -0.05) is 44.2 Å². The average Bonchev–Trinajstić information content (AvgIpc) is 2.86. The molecule has 1 N–H and O–H groups in total. The zero-order valence-electron chi connectivity index (χ0n) is 12.0. The van der Waals surface area contributed by atoms with E-state index < -0.39 is 0 Å². The summed E-state index contributed by atoms with van der Waals surface area (Å²) in [6.07, 6.45) is 7.28. The zero-order valence-corrected chi connectivity index (χ0v) is 12.7. The van der Waals surface area contributed by atoms with E-state index in [1.165, 1.54) is 36.8 Å². The SMILES string of the molecule is CCCCCCC(NC)c1cc(Cl)cc2c1OCC2. The van der Waals surface area contributed by atoms with Gasteiger partial charge in [0, 0.05) is 23.0 Å². The molecule has 0 spiro atoms. The fourth-order valence-corrected chi connectivity index (χ4v) is 3.04. The highest BCUT2D eigenvalue weighted by molar-refractivity contribution is 6.30. The molecule has 2 nitrogen and oxygen atoms in total. The minimum Gasteiger partial charge on any atom is -0.493 e. The van der Waals surface area contributed by atoms with Crippen LogP contribution in [0.25, 0.3) is 0 Å². The van der Waals surface area contributed by atoms with E-state index in [9.17, 15) is 0 Å². The molecule has 1 atom stereocenters. The lowest BCUT2D eigenvalue weighted by Gasteiger charge is -2.19. The molecule has 2 rings (SSSR count). The number of fused-ring (bicyclic) bond motifs is 1. The van der Waals surface area contributed by atoms with Gasteiger partial charge >= 0.3 is 0 Å². The molecule has 1 aliphatic heterocycles. The standard InChI is InChI=1S/C16H24ClNO/c1-3-4-5-6-7-15(18-2)14-11-13(17)10-12-8-9-19-16(12)14/h10-11,15,18H,3-9H2,1-2H3. The van der Waals surface area contributed by atoms with Crippen molar-refractivity contribution in [2.75, 3.05) is 13.7 Å². The average molecular weight is 282 g/mol. The maximum Gasteiger partial charge on any atom is 0.127 e. The number of unbranched alkanes of at least 4 members (excludes halogenated alkanes) is 3. The second-order valence-corrected chi connectivity index (χ2v) is 5.71. The van der Waals surface area contributed by atoms with Gasteiger partial charge in [0.1, 0.15) is 5.75 Å². The van der Waals surface area contributed by atoms with Gasteiger partial charge in [-0.3, -0.25) is 0 Å². The molecule has 1 aromatic carbocycles. The van der Waals surface area contributed by atoms with Gasteiger partial charge in [0.2, 0.25) is 0 Å². The van der Waals surface area contributed by atoms with Crippen LogP contribution in [0.3, 0.4) is 0 Å². The van der Waals surface area contributed by atoms with Crippen LogP contribution < -0.4 is 10.1 Å². The molecule has 19 heavy (non-hydrogen) atoms. The lowest BCUT2D eigenvalue weighted by molar-refractivity contribution is 0.347. The lowest BCUT2D eigenvalue weighted by Crippen LogP contribution is -2.17. The van der Waals surface area contributed by atoms with Crippen LogP contribution >= 0.6 is 11.6 Å². The van der Waals surface area contributed by atoms with Gasteiger partial charge in [-0.05, 0) is 31.2 Å². The highest BCUT2D eigenvalue weighted by Gasteiger charge is 2.22. The van der Waals surface area contributed by atoms with Gasteiger partial charge in [0.15, 0.2) is 0 Å².